The Morgan fingerprint density at radius 3 is 2.64 bits per heavy atom. The fourth-order valence-corrected chi connectivity index (χ4v) is 2.97. The van der Waals surface area contributed by atoms with Gasteiger partial charge in [-0.1, -0.05) is 19.8 Å². The molecule has 2 fully saturated rings. The van der Waals surface area contributed by atoms with Crippen LogP contribution in [0, 0.1) is 17.8 Å². The second-order valence-electron chi connectivity index (χ2n) is 4.43. The first kappa shape index (κ1) is 7.60. The molecule has 1 aliphatic carbocycles. The molecule has 2 rings (SSSR count). The zero-order chi connectivity index (χ0) is 7.84. The van der Waals surface area contributed by atoms with E-state index < -0.39 is 0 Å². The van der Waals surface area contributed by atoms with Crippen molar-refractivity contribution in [1.29, 1.82) is 0 Å². The van der Waals surface area contributed by atoms with Crippen LogP contribution in [0.5, 0.6) is 0 Å². The SMILES string of the molecule is CC1CCCC2C(C)NCC12. The van der Waals surface area contributed by atoms with Gasteiger partial charge in [-0.25, -0.2) is 0 Å². The third kappa shape index (κ3) is 1.20. The summed E-state index contributed by atoms with van der Waals surface area (Å²) in [6.45, 7) is 6.06. The topological polar surface area (TPSA) is 12.0 Å². The molecule has 1 nitrogen and oxygen atoms in total. The van der Waals surface area contributed by atoms with Crippen LogP contribution in [0.3, 0.4) is 0 Å². The van der Waals surface area contributed by atoms with Gasteiger partial charge in [-0.3, -0.25) is 0 Å². The first-order chi connectivity index (χ1) is 5.29. The summed E-state index contributed by atoms with van der Waals surface area (Å²) in [7, 11) is 0. The molecule has 2 aliphatic rings. The second-order valence-corrected chi connectivity index (χ2v) is 4.43. The first-order valence-corrected chi connectivity index (χ1v) is 5.02. The molecule has 1 heteroatoms. The van der Waals surface area contributed by atoms with Crippen molar-refractivity contribution in [3.8, 4) is 0 Å². The van der Waals surface area contributed by atoms with Gasteiger partial charge in [-0.05, 0) is 37.6 Å². The Kier molecular flexibility index (Phi) is 1.92. The van der Waals surface area contributed by atoms with Gasteiger partial charge in [-0.2, -0.15) is 0 Å². The molecule has 11 heavy (non-hydrogen) atoms. The lowest BCUT2D eigenvalue weighted by Gasteiger charge is -2.32. The Labute approximate surface area is 69.6 Å². The molecule has 0 aromatic carbocycles. The predicted octanol–water partition coefficient (Wildman–Crippen LogP) is 2.03. The van der Waals surface area contributed by atoms with Crippen molar-refractivity contribution in [3.05, 3.63) is 0 Å². The van der Waals surface area contributed by atoms with Gasteiger partial charge >= 0.3 is 0 Å². The zero-order valence-corrected chi connectivity index (χ0v) is 7.64. The lowest BCUT2D eigenvalue weighted by molar-refractivity contribution is 0.198. The largest absolute Gasteiger partial charge is 0.314 e. The monoisotopic (exact) mass is 153 g/mol. The highest BCUT2D eigenvalue weighted by molar-refractivity contribution is 4.92. The van der Waals surface area contributed by atoms with Crippen molar-refractivity contribution >= 4 is 0 Å². The molecule has 0 amide bonds. The van der Waals surface area contributed by atoms with E-state index >= 15 is 0 Å². The van der Waals surface area contributed by atoms with Gasteiger partial charge in [0.15, 0.2) is 0 Å². The summed E-state index contributed by atoms with van der Waals surface area (Å²) in [6, 6.07) is 0.794. The zero-order valence-electron chi connectivity index (χ0n) is 7.64. The van der Waals surface area contributed by atoms with Crippen LogP contribution in [0.25, 0.3) is 0 Å². The van der Waals surface area contributed by atoms with Crippen LogP contribution in [0.4, 0.5) is 0 Å². The highest BCUT2D eigenvalue weighted by Gasteiger charge is 2.38. The molecule has 1 saturated heterocycles. The summed E-state index contributed by atoms with van der Waals surface area (Å²) in [4.78, 5) is 0. The molecular weight excluding hydrogens is 134 g/mol. The Bertz CT molecular complexity index is 142. The molecule has 1 saturated carbocycles. The van der Waals surface area contributed by atoms with Crippen LogP contribution < -0.4 is 5.32 Å². The Morgan fingerprint density at radius 1 is 1.09 bits per heavy atom. The molecular formula is C10H19N. The first-order valence-electron chi connectivity index (χ1n) is 5.02. The summed E-state index contributed by atoms with van der Waals surface area (Å²) in [5, 5.41) is 3.59. The average Bonchev–Trinajstić information content (AvgIpc) is 2.35. The van der Waals surface area contributed by atoms with Crippen LogP contribution in [0.2, 0.25) is 0 Å². The van der Waals surface area contributed by atoms with Gasteiger partial charge in [0.25, 0.3) is 0 Å². The molecule has 0 bridgehead atoms. The molecule has 1 heterocycles. The Hall–Kier alpha value is -0.0400. The van der Waals surface area contributed by atoms with E-state index in [4.69, 9.17) is 0 Å². The van der Waals surface area contributed by atoms with Crippen LogP contribution in [-0.4, -0.2) is 12.6 Å². The van der Waals surface area contributed by atoms with Gasteiger partial charge in [0.2, 0.25) is 0 Å². The summed E-state index contributed by atoms with van der Waals surface area (Å²) in [5.41, 5.74) is 0. The molecule has 64 valence electrons. The maximum absolute atomic E-state index is 3.59. The van der Waals surface area contributed by atoms with E-state index in [-0.39, 0.29) is 0 Å². The average molecular weight is 153 g/mol. The second kappa shape index (κ2) is 2.78. The van der Waals surface area contributed by atoms with Crippen molar-refractivity contribution in [2.24, 2.45) is 17.8 Å². The summed E-state index contributed by atoms with van der Waals surface area (Å²) < 4.78 is 0. The number of hydrogen-bond donors (Lipinski definition) is 1. The molecule has 0 aromatic rings. The van der Waals surface area contributed by atoms with E-state index in [2.05, 4.69) is 19.2 Å². The van der Waals surface area contributed by atoms with Gasteiger partial charge in [0.05, 0.1) is 0 Å². The third-order valence-corrected chi connectivity index (χ3v) is 3.80. The van der Waals surface area contributed by atoms with E-state index in [1.807, 2.05) is 0 Å². The van der Waals surface area contributed by atoms with E-state index in [0.29, 0.717) is 0 Å². The van der Waals surface area contributed by atoms with E-state index in [0.717, 1.165) is 23.8 Å². The van der Waals surface area contributed by atoms with Crippen molar-refractivity contribution in [2.75, 3.05) is 6.54 Å². The molecule has 0 spiro atoms. The summed E-state index contributed by atoms with van der Waals surface area (Å²) in [5.74, 6) is 2.98. The third-order valence-electron chi connectivity index (χ3n) is 3.80. The van der Waals surface area contributed by atoms with Crippen molar-refractivity contribution in [3.63, 3.8) is 0 Å². The molecule has 1 N–H and O–H groups in total. The molecule has 0 aromatic heterocycles. The fraction of sp³-hybridized carbons (Fsp3) is 1.00. The maximum atomic E-state index is 3.59. The Balaban J connectivity index is 2.07. The van der Waals surface area contributed by atoms with Gasteiger partial charge in [-0.15, -0.1) is 0 Å². The molecule has 1 aliphatic heterocycles. The number of hydrogen-bond acceptors (Lipinski definition) is 1. The van der Waals surface area contributed by atoms with Crippen molar-refractivity contribution < 1.29 is 0 Å². The minimum absolute atomic E-state index is 0.794. The number of nitrogens with one attached hydrogen (secondary N) is 1. The summed E-state index contributed by atoms with van der Waals surface area (Å²) >= 11 is 0. The Morgan fingerprint density at radius 2 is 1.91 bits per heavy atom. The molecule has 4 atom stereocenters. The van der Waals surface area contributed by atoms with Gasteiger partial charge < -0.3 is 5.32 Å². The minimum atomic E-state index is 0.794. The minimum Gasteiger partial charge on any atom is -0.314 e. The normalized spacial score (nSPS) is 50.7. The van der Waals surface area contributed by atoms with Crippen LogP contribution in [0.1, 0.15) is 33.1 Å². The molecule has 0 radical (unpaired) electrons. The number of rotatable bonds is 0. The van der Waals surface area contributed by atoms with Crippen molar-refractivity contribution in [1.82, 2.24) is 5.32 Å². The fourth-order valence-electron chi connectivity index (χ4n) is 2.97. The van der Waals surface area contributed by atoms with Gasteiger partial charge in [0.1, 0.15) is 0 Å². The lowest BCUT2D eigenvalue weighted by Crippen LogP contribution is -2.28. The van der Waals surface area contributed by atoms with E-state index in [9.17, 15) is 0 Å². The predicted molar refractivity (Wildman–Crippen MR) is 47.5 cm³/mol. The smallest absolute Gasteiger partial charge is 0.00703 e. The van der Waals surface area contributed by atoms with E-state index in [1.165, 1.54) is 25.8 Å². The van der Waals surface area contributed by atoms with Gasteiger partial charge in [0, 0.05) is 6.04 Å². The van der Waals surface area contributed by atoms with E-state index in [1.54, 1.807) is 0 Å². The maximum Gasteiger partial charge on any atom is 0.00703 e. The highest BCUT2D eigenvalue weighted by atomic mass is 15.0. The number of fused-ring (bicyclic) bond motifs is 1. The van der Waals surface area contributed by atoms with Crippen LogP contribution >= 0.6 is 0 Å². The van der Waals surface area contributed by atoms with Crippen molar-refractivity contribution in [2.45, 2.75) is 39.2 Å². The van der Waals surface area contributed by atoms with Crippen LogP contribution in [-0.2, 0) is 0 Å². The lowest BCUT2D eigenvalue weighted by atomic mass is 9.73. The highest BCUT2D eigenvalue weighted by Crippen LogP contribution is 2.39. The van der Waals surface area contributed by atoms with Crippen LogP contribution in [0.15, 0.2) is 0 Å². The standard InChI is InChI=1S/C10H19N/c1-7-4-3-5-9-8(2)11-6-10(7)9/h7-11H,3-6H2,1-2H3. The molecule has 4 unspecified atom stereocenters. The quantitative estimate of drug-likeness (QED) is 0.561. The summed E-state index contributed by atoms with van der Waals surface area (Å²) in [6.07, 6.45) is 4.41.